The molecular weight excluding hydrogens is 504 g/mol. The van der Waals surface area contributed by atoms with Crippen molar-refractivity contribution in [3.05, 3.63) is 59.5 Å². The molecule has 2 N–H and O–H groups in total. The zero-order chi connectivity index (χ0) is 28.3. The molecule has 0 radical (unpaired) electrons. The molecule has 9 heteroatoms. The minimum absolute atomic E-state index is 0.369. The van der Waals surface area contributed by atoms with Gasteiger partial charge in [-0.2, -0.15) is 0 Å². The van der Waals surface area contributed by atoms with Gasteiger partial charge in [0, 0.05) is 35.7 Å². The zero-order valence-corrected chi connectivity index (χ0v) is 22.9. The lowest BCUT2D eigenvalue weighted by Crippen LogP contribution is -2.79. The van der Waals surface area contributed by atoms with Crippen LogP contribution < -0.4 is 0 Å². The lowest BCUT2D eigenvalue weighted by molar-refractivity contribution is -0.330. The highest BCUT2D eigenvalue weighted by Crippen LogP contribution is 2.67. The quantitative estimate of drug-likeness (QED) is 0.442. The minimum Gasteiger partial charge on any atom is -0.469 e. The average Bonchev–Trinajstić information content (AvgIpc) is 3.38. The summed E-state index contributed by atoms with van der Waals surface area (Å²) in [6.07, 6.45) is -0.864. The number of methoxy groups -OCH3 is 1. The third kappa shape index (κ3) is 3.84. The molecule has 5 rings (SSSR count). The van der Waals surface area contributed by atoms with E-state index in [9.17, 15) is 24.6 Å². The molecule has 8 atom stereocenters. The molecule has 3 aliphatic rings. The molecule has 1 aromatic heterocycles. The highest BCUT2D eigenvalue weighted by Gasteiger charge is 2.75. The second-order valence-corrected chi connectivity index (χ2v) is 11.9. The number of hydrogen-bond donors (Lipinski definition) is 2. The summed E-state index contributed by atoms with van der Waals surface area (Å²) >= 11 is 0. The predicted octanol–water partition coefficient (Wildman–Crippen LogP) is 3.41. The summed E-state index contributed by atoms with van der Waals surface area (Å²) in [7, 11) is 1.29. The number of ether oxygens (including phenoxy) is 3. The molecule has 0 amide bonds. The summed E-state index contributed by atoms with van der Waals surface area (Å²) in [5.74, 6) is -3.07. The summed E-state index contributed by atoms with van der Waals surface area (Å²) in [6.45, 7) is 6.66. The summed E-state index contributed by atoms with van der Waals surface area (Å²) in [4.78, 5) is 38.5. The number of hydrogen-bond acceptors (Lipinski definition) is 9. The number of carbonyl (C=O) groups is 3. The first-order chi connectivity index (χ1) is 18.4. The molecule has 1 heterocycles. The fourth-order valence-corrected chi connectivity index (χ4v) is 7.96. The van der Waals surface area contributed by atoms with E-state index >= 15 is 0 Å². The second-order valence-electron chi connectivity index (χ2n) is 11.9. The Bertz CT molecular complexity index is 1270. The Morgan fingerprint density at radius 2 is 1.74 bits per heavy atom. The van der Waals surface area contributed by atoms with Crippen molar-refractivity contribution >= 4 is 17.9 Å². The number of carbonyl (C=O) groups excluding carboxylic acids is 3. The number of aliphatic hydroxyl groups excluding tert-OH is 1. The fourth-order valence-electron chi connectivity index (χ4n) is 7.96. The Hall–Kier alpha value is -3.17. The molecular formula is C30H36O9. The first-order valence-corrected chi connectivity index (χ1v) is 13.4. The van der Waals surface area contributed by atoms with Crippen LogP contribution in [0.3, 0.4) is 0 Å². The molecule has 0 saturated heterocycles. The molecule has 0 bridgehead atoms. The maximum atomic E-state index is 13.2. The van der Waals surface area contributed by atoms with Crippen LogP contribution in [0, 0.1) is 22.7 Å². The first kappa shape index (κ1) is 27.4. The highest BCUT2D eigenvalue weighted by atomic mass is 16.6. The van der Waals surface area contributed by atoms with E-state index in [0.717, 1.165) is 0 Å². The van der Waals surface area contributed by atoms with Crippen LogP contribution in [-0.4, -0.2) is 59.1 Å². The lowest BCUT2D eigenvalue weighted by Gasteiger charge is -2.69. The van der Waals surface area contributed by atoms with Gasteiger partial charge in [-0.3, -0.25) is 9.59 Å². The molecule has 3 aliphatic carbocycles. The smallest absolute Gasteiger partial charge is 0.338 e. The Balaban J connectivity index is 1.61. The standard InChI is InChI=1S/C30H36O9/c1-16(31)38-24-23-19(15-20-18(12-14-37-20)22(23)27(34)36-5)29(4)13-11-21(28(2,3)30(29,35)25(24)32)39-26(33)17-9-7-6-8-10-17/h6-10,12,14,19,21-25,32,35H,11,13,15H2,1-5H3. The van der Waals surface area contributed by atoms with E-state index in [2.05, 4.69) is 0 Å². The topological polar surface area (TPSA) is 133 Å². The molecule has 2 aromatic rings. The lowest BCUT2D eigenvalue weighted by atomic mass is 9.39. The number of aliphatic hydroxyl groups is 2. The van der Waals surface area contributed by atoms with Crippen LogP contribution in [-0.2, 0) is 30.2 Å². The van der Waals surface area contributed by atoms with Gasteiger partial charge in [-0.25, -0.2) is 4.79 Å². The largest absolute Gasteiger partial charge is 0.469 e. The third-order valence-electron chi connectivity index (χ3n) is 9.91. The van der Waals surface area contributed by atoms with E-state index in [4.69, 9.17) is 18.6 Å². The summed E-state index contributed by atoms with van der Waals surface area (Å²) in [5, 5.41) is 24.7. The summed E-state index contributed by atoms with van der Waals surface area (Å²) in [5.41, 5.74) is -2.99. The molecule has 8 unspecified atom stereocenters. The van der Waals surface area contributed by atoms with Gasteiger partial charge in [-0.05, 0) is 37.0 Å². The van der Waals surface area contributed by atoms with E-state index in [1.807, 2.05) is 6.92 Å². The molecule has 2 fully saturated rings. The van der Waals surface area contributed by atoms with Crippen molar-refractivity contribution in [1.82, 2.24) is 0 Å². The molecule has 1 aromatic carbocycles. The first-order valence-electron chi connectivity index (χ1n) is 13.4. The van der Waals surface area contributed by atoms with E-state index in [1.54, 1.807) is 50.2 Å². The Morgan fingerprint density at radius 1 is 1.05 bits per heavy atom. The van der Waals surface area contributed by atoms with Gasteiger partial charge < -0.3 is 28.8 Å². The van der Waals surface area contributed by atoms with Gasteiger partial charge in [0.2, 0.25) is 0 Å². The van der Waals surface area contributed by atoms with E-state index < -0.39 is 70.4 Å². The molecule has 2 saturated carbocycles. The van der Waals surface area contributed by atoms with Crippen LogP contribution in [0.2, 0.25) is 0 Å². The van der Waals surface area contributed by atoms with Gasteiger partial charge in [0.1, 0.15) is 29.7 Å². The zero-order valence-electron chi connectivity index (χ0n) is 22.9. The second kappa shape index (κ2) is 9.48. The van der Waals surface area contributed by atoms with Crippen LogP contribution in [0.5, 0.6) is 0 Å². The SMILES string of the molecule is COC(=O)C1c2ccoc2CC2C1C(OC(C)=O)C(O)C1(O)C(C)(C)C(OC(=O)c3ccccc3)CCC21C. The van der Waals surface area contributed by atoms with Crippen molar-refractivity contribution in [2.24, 2.45) is 22.7 Å². The van der Waals surface area contributed by atoms with Crippen molar-refractivity contribution in [1.29, 1.82) is 0 Å². The van der Waals surface area contributed by atoms with Gasteiger partial charge >= 0.3 is 17.9 Å². The maximum absolute atomic E-state index is 13.2. The van der Waals surface area contributed by atoms with Gasteiger partial charge in [-0.1, -0.05) is 39.0 Å². The Kier molecular flexibility index (Phi) is 6.66. The van der Waals surface area contributed by atoms with Crippen molar-refractivity contribution in [2.45, 2.75) is 76.8 Å². The van der Waals surface area contributed by atoms with Crippen molar-refractivity contribution < 1.29 is 43.2 Å². The Labute approximate surface area is 227 Å². The number of benzene rings is 1. The number of esters is 3. The van der Waals surface area contributed by atoms with E-state index in [1.165, 1.54) is 20.3 Å². The van der Waals surface area contributed by atoms with Gasteiger partial charge in [0.15, 0.2) is 0 Å². The van der Waals surface area contributed by atoms with Crippen LogP contribution in [0.4, 0.5) is 0 Å². The molecule has 0 spiro atoms. The van der Waals surface area contributed by atoms with Crippen LogP contribution in [0.15, 0.2) is 47.1 Å². The molecule has 0 aliphatic heterocycles. The van der Waals surface area contributed by atoms with Crippen LogP contribution in [0.25, 0.3) is 0 Å². The van der Waals surface area contributed by atoms with Crippen molar-refractivity contribution in [2.75, 3.05) is 7.11 Å². The van der Waals surface area contributed by atoms with Crippen LogP contribution >= 0.6 is 0 Å². The highest BCUT2D eigenvalue weighted by molar-refractivity contribution is 5.89. The Morgan fingerprint density at radius 3 is 2.38 bits per heavy atom. The average molecular weight is 541 g/mol. The molecule has 210 valence electrons. The van der Waals surface area contributed by atoms with E-state index in [-0.39, 0.29) is 0 Å². The van der Waals surface area contributed by atoms with Crippen LogP contribution in [0.1, 0.15) is 68.1 Å². The van der Waals surface area contributed by atoms with Gasteiger partial charge in [-0.15, -0.1) is 0 Å². The normalized spacial score (nSPS) is 36.5. The minimum atomic E-state index is -1.87. The third-order valence-corrected chi connectivity index (χ3v) is 9.91. The number of furan rings is 1. The maximum Gasteiger partial charge on any atom is 0.338 e. The van der Waals surface area contributed by atoms with Gasteiger partial charge in [0.05, 0.1) is 24.9 Å². The van der Waals surface area contributed by atoms with E-state index in [0.29, 0.717) is 36.1 Å². The van der Waals surface area contributed by atoms with Gasteiger partial charge in [0.25, 0.3) is 0 Å². The fraction of sp³-hybridized carbons (Fsp3) is 0.567. The van der Waals surface area contributed by atoms with Crippen molar-refractivity contribution in [3.63, 3.8) is 0 Å². The summed E-state index contributed by atoms with van der Waals surface area (Å²) in [6, 6.07) is 10.3. The number of rotatable bonds is 4. The summed E-state index contributed by atoms with van der Waals surface area (Å²) < 4.78 is 22.6. The molecule has 9 nitrogen and oxygen atoms in total. The number of fused-ring (bicyclic) bond motifs is 4. The monoisotopic (exact) mass is 540 g/mol. The van der Waals surface area contributed by atoms with Crippen molar-refractivity contribution in [3.8, 4) is 0 Å². The predicted molar refractivity (Wildman–Crippen MR) is 137 cm³/mol. The molecule has 39 heavy (non-hydrogen) atoms.